The lowest BCUT2D eigenvalue weighted by molar-refractivity contribution is 0.308. The molecule has 0 aromatic heterocycles. The van der Waals surface area contributed by atoms with Gasteiger partial charge in [0.25, 0.3) is 0 Å². The van der Waals surface area contributed by atoms with Gasteiger partial charge in [0.1, 0.15) is 12.4 Å². The molecule has 0 aliphatic carbocycles. The molecule has 3 nitrogen and oxygen atoms in total. The van der Waals surface area contributed by atoms with E-state index in [2.05, 4.69) is 17.9 Å². The fourth-order valence-electron chi connectivity index (χ4n) is 1.77. The van der Waals surface area contributed by atoms with Crippen molar-refractivity contribution in [1.82, 2.24) is 0 Å². The predicted octanol–water partition coefficient (Wildman–Crippen LogP) is 1.36. The molecule has 0 saturated heterocycles. The van der Waals surface area contributed by atoms with E-state index in [1.807, 2.05) is 12.1 Å². The highest BCUT2D eigenvalue weighted by atomic mass is 16.5. The predicted molar refractivity (Wildman–Crippen MR) is 57.7 cm³/mol. The van der Waals surface area contributed by atoms with Crippen molar-refractivity contribution < 1.29 is 4.74 Å². The van der Waals surface area contributed by atoms with E-state index < -0.39 is 0 Å². The van der Waals surface area contributed by atoms with E-state index in [1.54, 1.807) is 0 Å². The van der Waals surface area contributed by atoms with Crippen LogP contribution in [-0.4, -0.2) is 19.7 Å². The third-order valence-corrected chi connectivity index (χ3v) is 2.60. The van der Waals surface area contributed by atoms with E-state index in [4.69, 9.17) is 10.5 Å². The molecule has 3 heteroatoms. The van der Waals surface area contributed by atoms with Crippen LogP contribution in [-0.2, 0) is 6.54 Å². The maximum Gasteiger partial charge on any atom is 0.142 e. The Morgan fingerprint density at radius 1 is 1.50 bits per heavy atom. The molecule has 1 aliphatic heterocycles. The van der Waals surface area contributed by atoms with Crippen LogP contribution in [0.5, 0.6) is 5.75 Å². The molecule has 1 aromatic carbocycles. The summed E-state index contributed by atoms with van der Waals surface area (Å²) in [4.78, 5) is 2.32. The minimum absolute atomic E-state index is 0.588. The summed E-state index contributed by atoms with van der Waals surface area (Å²) >= 11 is 0. The van der Waals surface area contributed by atoms with Gasteiger partial charge < -0.3 is 15.4 Å². The summed E-state index contributed by atoms with van der Waals surface area (Å²) in [5.41, 5.74) is 7.95. The lowest BCUT2D eigenvalue weighted by atomic mass is 10.1. The Balaban J connectivity index is 2.38. The van der Waals surface area contributed by atoms with Crippen molar-refractivity contribution in [1.29, 1.82) is 0 Å². The number of likely N-dealkylation sites (N-methyl/N-ethyl adjacent to an activating group) is 1. The van der Waals surface area contributed by atoms with Crippen LogP contribution in [0.1, 0.15) is 12.5 Å². The summed E-state index contributed by atoms with van der Waals surface area (Å²) in [6.45, 7) is 5.51. The summed E-state index contributed by atoms with van der Waals surface area (Å²) in [6.07, 6.45) is 0. The van der Waals surface area contributed by atoms with E-state index in [1.165, 1.54) is 5.69 Å². The fourth-order valence-corrected chi connectivity index (χ4v) is 1.77. The highest BCUT2D eigenvalue weighted by molar-refractivity contribution is 5.61. The van der Waals surface area contributed by atoms with Crippen LogP contribution in [0.15, 0.2) is 18.2 Å². The van der Waals surface area contributed by atoms with Crippen molar-refractivity contribution in [3.05, 3.63) is 23.8 Å². The van der Waals surface area contributed by atoms with E-state index in [0.717, 1.165) is 31.0 Å². The first-order chi connectivity index (χ1) is 6.85. The Morgan fingerprint density at radius 2 is 2.36 bits per heavy atom. The molecule has 76 valence electrons. The molecule has 0 saturated carbocycles. The average Bonchev–Trinajstić information content (AvgIpc) is 2.27. The number of hydrogen-bond acceptors (Lipinski definition) is 3. The highest BCUT2D eigenvalue weighted by Crippen LogP contribution is 2.31. The zero-order valence-electron chi connectivity index (χ0n) is 8.49. The van der Waals surface area contributed by atoms with Crippen LogP contribution in [0.25, 0.3) is 0 Å². The summed E-state index contributed by atoms with van der Waals surface area (Å²) in [7, 11) is 0. The molecule has 14 heavy (non-hydrogen) atoms. The zero-order chi connectivity index (χ0) is 9.97. The molecular formula is C11H16N2O. The monoisotopic (exact) mass is 192 g/mol. The molecule has 2 N–H and O–H groups in total. The Bertz CT molecular complexity index is 325. The van der Waals surface area contributed by atoms with Crippen molar-refractivity contribution in [2.45, 2.75) is 13.5 Å². The Labute approximate surface area is 84.5 Å². The van der Waals surface area contributed by atoms with Crippen molar-refractivity contribution in [2.24, 2.45) is 5.73 Å². The Kier molecular flexibility index (Phi) is 2.59. The van der Waals surface area contributed by atoms with Gasteiger partial charge in [-0.2, -0.15) is 0 Å². The van der Waals surface area contributed by atoms with Gasteiger partial charge in [0.15, 0.2) is 0 Å². The topological polar surface area (TPSA) is 38.5 Å². The van der Waals surface area contributed by atoms with Gasteiger partial charge in [0, 0.05) is 13.1 Å². The van der Waals surface area contributed by atoms with Gasteiger partial charge in [-0.3, -0.25) is 0 Å². The normalized spacial score (nSPS) is 14.9. The molecule has 0 amide bonds. The van der Waals surface area contributed by atoms with E-state index in [-0.39, 0.29) is 0 Å². The molecular weight excluding hydrogens is 176 g/mol. The standard InChI is InChI=1S/C11H16N2O/c1-2-13-5-6-14-11-4-3-9(8-12)7-10(11)13/h3-4,7H,2,5-6,8,12H2,1H3. The summed E-state index contributed by atoms with van der Waals surface area (Å²) < 4.78 is 5.57. The number of anilines is 1. The Morgan fingerprint density at radius 3 is 3.07 bits per heavy atom. The van der Waals surface area contributed by atoms with Gasteiger partial charge in [0.05, 0.1) is 12.2 Å². The van der Waals surface area contributed by atoms with Crippen LogP contribution < -0.4 is 15.4 Å². The third-order valence-electron chi connectivity index (χ3n) is 2.60. The minimum Gasteiger partial charge on any atom is -0.490 e. The molecule has 0 unspecified atom stereocenters. The number of benzene rings is 1. The summed E-state index contributed by atoms with van der Waals surface area (Å²) in [5.74, 6) is 0.982. The second-order valence-electron chi connectivity index (χ2n) is 3.43. The minimum atomic E-state index is 0.588. The van der Waals surface area contributed by atoms with Crippen LogP contribution in [0.2, 0.25) is 0 Å². The molecule has 0 fully saturated rings. The second kappa shape index (κ2) is 3.88. The van der Waals surface area contributed by atoms with Gasteiger partial charge in [-0.05, 0) is 24.6 Å². The van der Waals surface area contributed by atoms with Gasteiger partial charge in [0.2, 0.25) is 0 Å². The first-order valence-electron chi connectivity index (χ1n) is 5.06. The van der Waals surface area contributed by atoms with Crippen molar-refractivity contribution in [3.63, 3.8) is 0 Å². The molecule has 0 radical (unpaired) electrons. The van der Waals surface area contributed by atoms with Crippen molar-refractivity contribution in [2.75, 3.05) is 24.6 Å². The molecule has 0 bridgehead atoms. The molecule has 1 aromatic rings. The largest absolute Gasteiger partial charge is 0.490 e. The average molecular weight is 192 g/mol. The van der Waals surface area contributed by atoms with Gasteiger partial charge in [-0.15, -0.1) is 0 Å². The van der Waals surface area contributed by atoms with Gasteiger partial charge in [-0.25, -0.2) is 0 Å². The quantitative estimate of drug-likeness (QED) is 0.769. The summed E-state index contributed by atoms with van der Waals surface area (Å²) in [6, 6.07) is 6.16. The second-order valence-corrected chi connectivity index (χ2v) is 3.43. The number of nitrogens with zero attached hydrogens (tertiary/aromatic N) is 1. The number of nitrogens with two attached hydrogens (primary N) is 1. The van der Waals surface area contributed by atoms with Crippen LogP contribution in [0.3, 0.4) is 0 Å². The summed E-state index contributed by atoms with van der Waals surface area (Å²) in [5, 5.41) is 0. The number of hydrogen-bond donors (Lipinski definition) is 1. The first kappa shape index (κ1) is 9.34. The SMILES string of the molecule is CCN1CCOc2ccc(CN)cc21. The van der Waals surface area contributed by atoms with E-state index in [0.29, 0.717) is 6.54 Å². The van der Waals surface area contributed by atoms with Gasteiger partial charge >= 0.3 is 0 Å². The lowest BCUT2D eigenvalue weighted by Gasteiger charge is -2.30. The zero-order valence-corrected chi connectivity index (χ0v) is 8.49. The maximum atomic E-state index is 5.61. The lowest BCUT2D eigenvalue weighted by Crippen LogP contribution is -2.32. The van der Waals surface area contributed by atoms with Crippen LogP contribution in [0.4, 0.5) is 5.69 Å². The van der Waals surface area contributed by atoms with E-state index in [9.17, 15) is 0 Å². The molecule has 1 heterocycles. The molecule has 0 atom stereocenters. The van der Waals surface area contributed by atoms with Gasteiger partial charge in [-0.1, -0.05) is 6.07 Å². The van der Waals surface area contributed by atoms with E-state index >= 15 is 0 Å². The highest BCUT2D eigenvalue weighted by Gasteiger charge is 2.16. The van der Waals surface area contributed by atoms with Crippen LogP contribution >= 0.6 is 0 Å². The molecule has 1 aliphatic rings. The molecule has 0 spiro atoms. The maximum absolute atomic E-state index is 5.61. The first-order valence-corrected chi connectivity index (χ1v) is 5.06. The number of ether oxygens (including phenoxy) is 1. The molecule has 2 rings (SSSR count). The van der Waals surface area contributed by atoms with Crippen LogP contribution in [0, 0.1) is 0 Å². The van der Waals surface area contributed by atoms with Crippen molar-refractivity contribution in [3.8, 4) is 5.75 Å². The Hall–Kier alpha value is -1.22. The smallest absolute Gasteiger partial charge is 0.142 e. The number of fused-ring (bicyclic) bond motifs is 1. The third kappa shape index (κ3) is 1.55. The number of rotatable bonds is 2. The van der Waals surface area contributed by atoms with Crippen molar-refractivity contribution >= 4 is 5.69 Å². The fraction of sp³-hybridized carbons (Fsp3) is 0.455.